The summed E-state index contributed by atoms with van der Waals surface area (Å²) < 4.78 is 0. The molecule has 7 aromatic carbocycles. The number of carbonyl (C=O) groups excluding carboxylic acids is 2. The molecule has 0 radical (unpaired) electrons. The van der Waals surface area contributed by atoms with E-state index in [0.29, 0.717) is 64.3 Å². The number of aryl methyl sites for hydroxylation is 4. The molecule has 0 saturated heterocycles. The Bertz CT molecular complexity index is 4070. The Morgan fingerprint density at radius 1 is 0.366 bits per heavy atom. The molecule has 4 heterocycles. The minimum atomic E-state index is -0.273. The SMILES string of the molecule is CCC(=O)Cl.CCC(=O)Nc1cccc(Nc2nc(Nc3ccccc3)ncc2C)c1.Cc1cnc(Cl)nc1Cl.Cc1cnc(Cl)nc1Nc1cccc(N)c1.Cc1cnc(Nc2ccccc2)nc1Nc1cccc(N)c1.Nc1cccc(N)c1.Nc1ccccc1. The van der Waals surface area contributed by atoms with Crippen LogP contribution in [0.3, 0.4) is 0 Å². The van der Waals surface area contributed by atoms with Crippen LogP contribution in [0.4, 0.5) is 91.9 Å². The zero-order chi connectivity index (χ0) is 67.5. The molecule has 21 nitrogen and oxygen atoms in total. The summed E-state index contributed by atoms with van der Waals surface area (Å²) in [6, 6.07) is 58.8. The number of benzene rings is 7. The van der Waals surface area contributed by atoms with Gasteiger partial charge in [0.05, 0.1) is 0 Å². The fourth-order valence-corrected chi connectivity index (χ4v) is 7.53. The van der Waals surface area contributed by atoms with E-state index in [-0.39, 0.29) is 21.7 Å². The van der Waals surface area contributed by atoms with E-state index in [4.69, 9.17) is 75.1 Å². The Morgan fingerprint density at radius 2 is 0.699 bits per heavy atom. The fourth-order valence-electron chi connectivity index (χ4n) is 7.09. The van der Waals surface area contributed by atoms with Gasteiger partial charge in [-0.05, 0) is 172 Å². The van der Waals surface area contributed by atoms with Gasteiger partial charge in [0.1, 0.15) is 22.6 Å². The maximum absolute atomic E-state index is 11.6. The van der Waals surface area contributed by atoms with Crippen molar-refractivity contribution >= 4 is 149 Å². The second-order valence-electron chi connectivity index (χ2n) is 19.6. The van der Waals surface area contributed by atoms with Crippen LogP contribution in [-0.4, -0.2) is 51.0 Å². The van der Waals surface area contributed by atoms with Crippen LogP contribution in [0.15, 0.2) is 213 Å². The molecule has 4 aromatic heterocycles. The average molecular weight is 1330 g/mol. The molecular weight excluding hydrogens is 1260 g/mol. The standard InChI is InChI=1S/C20H21N5O.C17H17N5.C11H11ClN4.C6H8N2.C6H7N.C5H4Cl2N2.C3H5ClO/c1-3-18(26)22-16-10-7-11-17(12-16)23-19-14(2)13-21-20(25-19)24-15-8-5-4-6-9-15;1-12-11-19-17(21-14-7-3-2-4-8-14)22-16(12)20-15-9-5-6-13(18)10-15;1-7-6-14-11(12)16-10(7)15-9-4-2-3-8(13)5-9;7-5-2-1-3-6(8)4-5;7-6-4-2-1-3-5-6;1-3-2-8-5(7)9-4(3)6;1-2-3(4)5/h4-13H,3H2,1-2H3,(H,22,26)(H2,21,23,24,25);2-11H,18H2,1H3,(H2,19,20,21,22);2-6H,13H2,1H3,(H,14,15,16);1-4H,7-8H2;1-5H,7H2;2H,1H3;2H2,1H3. The van der Waals surface area contributed by atoms with E-state index in [1.165, 1.54) is 0 Å². The topological polar surface area (TPSA) is 340 Å². The molecule has 1 amide bonds. The average Bonchev–Trinajstić information content (AvgIpc) is 2.13. The number of aromatic nitrogens is 8. The number of hydrogen-bond acceptors (Lipinski definition) is 20. The normalized spacial score (nSPS) is 9.78. The first-order valence-electron chi connectivity index (χ1n) is 28.6. The summed E-state index contributed by atoms with van der Waals surface area (Å²) in [5, 5.41) is 19.5. The summed E-state index contributed by atoms with van der Waals surface area (Å²) in [6.45, 7) is 11.2. The summed E-state index contributed by atoms with van der Waals surface area (Å²) in [4.78, 5) is 54.2. The van der Waals surface area contributed by atoms with E-state index in [2.05, 4.69) is 71.8 Å². The molecule has 25 heteroatoms. The number of carbonyl (C=O) groups is 2. The van der Waals surface area contributed by atoms with Gasteiger partial charge in [0, 0.05) is 122 Å². The monoisotopic (exact) mass is 1330 g/mol. The van der Waals surface area contributed by atoms with Crippen molar-refractivity contribution in [2.45, 2.75) is 54.4 Å². The first-order valence-corrected chi connectivity index (χ1v) is 30.1. The van der Waals surface area contributed by atoms with E-state index in [1.807, 2.05) is 204 Å². The molecule has 16 N–H and O–H groups in total. The molecule has 480 valence electrons. The fraction of sp³-hybridized carbons (Fsp3) is 0.118. The highest BCUT2D eigenvalue weighted by atomic mass is 35.5. The number of anilines is 16. The van der Waals surface area contributed by atoms with Crippen LogP contribution in [0.5, 0.6) is 0 Å². The minimum absolute atomic E-state index is 0.0188. The molecule has 0 aliphatic carbocycles. The lowest BCUT2D eigenvalue weighted by molar-refractivity contribution is -0.116. The van der Waals surface area contributed by atoms with E-state index in [0.717, 1.165) is 67.9 Å². The molecular formula is C68H73Cl4N19O2. The van der Waals surface area contributed by atoms with Crippen LogP contribution in [-0.2, 0) is 9.59 Å². The van der Waals surface area contributed by atoms with Crippen molar-refractivity contribution in [3.05, 3.63) is 251 Å². The Balaban J connectivity index is 0.000000211. The lowest BCUT2D eigenvalue weighted by Crippen LogP contribution is -2.09. The van der Waals surface area contributed by atoms with Gasteiger partial charge in [0.15, 0.2) is 0 Å². The number of nitrogens with one attached hydrogen (secondary N) is 6. The third kappa shape index (κ3) is 28.7. The van der Waals surface area contributed by atoms with Gasteiger partial charge in [0.2, 0.25) is 33.6 Å². The van der Waals surface area contributed by atoms with Crippen LogP contribution in [0.1, 0.15) is 48.9 Å². The van der Waals surface area contributed by atoms with Gasteiger partial charge in [-0.15, -0.1) is 0 Å². The predicted molar refractivity (Wildman–Crippen MR) is 386 cm³/mol. The number of halogens is 4. The van der Waals surface area contributed by atoms with E-state index >= 15 is 0 Å². The van der Waals surface area contributed by atoms with Crippen LogP contribution in [0.2, 0.25) is 15.7 Å². The molecule has 11 aromatic rings. The minimum Gasteiger partial charge on any atom is -0.399 e. The Morgan fingerprint density at radius 3 is 1.06 bits per heavy atom. The predicted octanol–water partition coefficient (Wildman–Crippen LogP) is 16.6. The van der Waals surface area contributed by atoms with Crippen LogP contribution in [0, 0.1) is 27.7 Å². The van der Waals surface area contributed by atoms with E-state index in [1.54, 1.807) is 49.9 Å². The molecule has 0 fully saturated rings. The maximum atomic E-state index is 11.6. The molecule has 0 aliphatic heterocycles. The van der Waals surface area contributed by atoms with Crippen molar-refractivity contribution in [3.63, 3.8) is 0 Å². The number of para-hydroxylation sites is 3. The van der Waals surface area contributed by atoms with Gasteiger partial charge in [-0.1, -0.05) is 104 Å². The van der Waals surface area contributed by atoms with Gasteiger partial charge in [-0.2, -0.15) is 9.97 Å². The van der Waals surface area contributed by atoms with Crippen molar-refractivity contribution < 1.29 is 9.59 Å². The van der Waals surface area contributed by atoms with Crippen molar-refractivity contribution in [1.82, 2.24) is 39.9 Å². The number of amides is 1. The highest BCUT2D eigenvalue weighted by molar-refractivity contribution is 6.63. The Hall–Kier alpha value is -10.8. The quantitative estimate of drug-likeness (QED) is 0.0221. The number of nitrogens with two attached hydrogens (primary N) is 5. The molecule has 0 atom stereocenters. The van der Waals surface area contributed by atoms with Crippen molar-refractivity contribution in [2.24, 2.45) is 0 Å². The first kappa shape index (κ1) is 72.9. The van der Waals surface area contributed by atoms with Crippen molar-refractivity contribution in [1.29, 1.82) is 0 Å². The summed E-state index contributed by atoms with van der Waals surface area (Å²) >= 11 is 21.5. The largest absolute Gasteiger partial charge is 0.399 e. The highest BCUT2D eigenvalue weighted by Crippen LogP contribution is 2.26. The zero-order valence-electron chi connectivity index (χ0n) is 51.9. The lowest BCUT2D eigenvalue weighted by atomic mass is 10.2. The van der Waals surface area contributed by atoms with Crippen LogP contribution >= 0.6 is 46.4 Å². The third-order valence-corrected chi connectivity index (χ3v) is 12.9. The summed E-state index contributed by atoms with van der Waals surface area (Å²) in [6.07, 6.45) is 7.68. The third-order valence-electron chi connectivity index (χ3n) is 11.8. The second-order valence-corrected chi connectivity index (χ2v) is 21.1. The van der Waals surface area contributed by atoms with Gasteiger partial charge >= 0.3 is 0 Å². The Labute approximate surface area is 561 Å². The van der Waals surface area contributed by atoms with E-state index < -0.39 is 0 Å². The second kappa shape index (κ2) is 39.3. The molecule has 0 spiro atoms. The Kier molecular flexibility index (Phi) is 30.8. The highest BCUT2D eigenvalue weighted by Gasteiger charge is 2.09. The molecule has 93 heavy (non-hydrogen) atoms. The molecule has 0 unspecified atom stereocenters. The van der Waals surface area contributed by atoms with Crippen LogP contribution < -0.4 is 60.6 Å². The molecule has 0 saturated carbocycles. The number of rotatable bonds is 13. The number of nitrogen functional groups attached to an aromatic ring is 5. The van der Waals surface area contributed by atoms with Gasteiger partial charge in [0.25, 0.3) is 0 Å². The molecule has 0 aliphatic rings. The van der Waals surface area contributed by atoms with Gasteiger partial charge in [-0.25, -0.2) is 29.9 Å². The number of nitrogens with zero attached hydrogens (tertiary/aromatic N) is 8. The lowest BCUT2D eigenvalue weighted by Gasteiger charge is -2.12. The zero-order valence-corrected chi connectivity index (χ0v) is 54.9. The van der Waals surface area contributed by atoms with Crippen molar-refractivity contribution in [3.8, 4) is 0 Å². The maximum Gasteiger partial charge on any atom is 0.229 e. The summed E-state index contributed by atoms with van der Waals surface area (Å²) in [5.41, 5.74) is 40.1. The van der Waals surface area contributed by atoms with Gasteiger partial charge < -0.3 is 60.6 Å². The first-order chi connectivity index (χ1) is 44.6. The molecule has 11 rings (SSSR count). The van der Waals surface area contributed by atoms with Gasteiger partial charge in [-0.3, -0.25) is 9.59 Å². The van der Waals surface area contributed by atoms with Crippen LogP contribution in [0.25, 0.3) is 0 Å². The summed E-state index contributed by atoms with van der Waals surface area (Å²) in [5.74, 6) is 3.18. The van der Waals surface area contributed by atoms with E-state index in [9.17, 15) is 9.59 Å². The number of hydrogen-bond donors (Lipinski definition) is 11. The smallest absolute Gasteiger partial charge is 0.229 e. The molecule has 0 bridgehead atoms. The summed E-state index contributed by atoms with van der Waals surface area (Å²) in [7, 11) is 0. The van der Waals surface area contributed by atoms with Crippen molar-refractivity contribution in [2.75, 3.05) is 60.6 Å².